The van der Waals surface area contributed by atoms with Gasteiger partial charge >= 0.3 is 0 Å². The summed E-state index contributed by atoms with van der Waals surface area (Å²) >= 11 is 0. The molecule has 1 aromatic heterocycles. The lowest BCUT2D eigenvalue weighted by Crippen LogP contribution is -2.48. The van der Waals surface area contributed by atoms with Crippen LogP contribution in [0.15, 0.2) is 0 Å². The van der Waals surface area contributed by atoms with Crippen molar-refractivity contribution in [2.24, 2.45) is 5.92 Å². The number of rotatable bonds is 6. The minimum absolute atomic E-state index is 0.109. The molecule has 1 amide bonds. The smallest absolute Gasteiger partial charge is 0.223 e. The number of nitrogens with zero attached hydrogens (tertiary/aromatic N) is 3. The van der Waals surface area contributed by atoms with Crippen LogP contribution in [-0.2, 0) is 16.1 Å². The topological polar surface area (TPSA) is 89.3 Å². The monoisotopic (exact) mass is 364 g/mol. The number of ether oxygens (including phenoxy) is 1. The molecule has 2 N–H and O–H groups in total. The van der Waals surface area contributed by atoms with Gasteiger partial charge in [0.1, 0.15) is 12.4 Å². The number of aromatic nitrogens is 3. The van der Waals surface area contributed by atoms with E-state index in [1.54, 1.807) is 7.11 Å². The zero-order valence-corrected chi connectivity index (χ0v) is 16.1. The van der Waals surface area contributed by atoms with E-state index in [1.807, 2.05) is 4.68 Å². The zero-order valence-electron chi connectivity index (χ0n) is 16.1. The van der Waals surface area contributed by atoms with E-state index in [1.165, 1.54) is 0 Å². The fourth-order valence-electron chi connectivity index (χ4n) is 4.26. The Bertz CT molecular complexity index is 610. The van der Waals surface area contributed by atoms with Crippen molar-refractivity contribution in [2.75, 3.05) is 7.11 Å². The van der Waals surface area contributed by atoms with Gasteiger partial charge in [-0.15, -0.1) is 0 Å². The number of hydrogen-bond acceptors (Lipinski definition) is 5. The maximum Gasteiger partial charge on any atom is 0.223 e. The van der Waals surface area contributed by atoms with Gasteiger partial charge in [0.15, 0.2) is 5.82 Å². The first-order valence-corrected chi connectivity index (χ1v) is 9.92. The lowest BCUT2D eigenvalue weighted by atomic mass is 9.82. The summed E-state index contributed by atoms with van der Waals surface area (Å²) in [6, 6.07) is 0.00604. The summed E-state index contributed by atoms with van der Waals surface area (Å²) in [6.07, 6.45) is 5.96. The summed E-state index contributed by atoms with van der Waals surface area (Å²) in [6.45, 7) is 4.57. The first kappa shape index (κ1) is 19.3. The molecule has 1 heterocycles. The van der Waals surface area contributed by atoms with Gasteiger partial charge in [-0.1, -0.05) is 12.8 Å². The number of carbonyl (C=O) groups is 1. The molecule has 146 valence electrons. The number of aliphatic hydroxyl groups is 1. The molecule has 3 rings (SSSR count). The number of amides is 1. The molecular weight excluding hydrogens is 332 g/mol. The van der Waals surface area contributed by atoms with E-state index >= 15 is 0 Å². The van der Waals surface area contributed by atoms with Gasteiger partial charge in [0.2, 0.25) is 5.91 Å². The quantitative estimate of drug-likeness (QED) is 0.808. The second-order valence-corrected chi connectivity index (χ2v) is 8.03. The Labute approximate surface area is 155 Å². The number of aliphatic hydroxyl groups excluding tert-OH is 1. The maximum atomic E-state index is 12.5. The summed E-state index contributed by atoms with van der Waals surface area (Å²) in [4.78, 5) is 17.2. The van der Waals surface area contributed by atoms with Gasteiger partial charge in [-0.2, -0.15) is 5.10 Å². The molecule has 2 aliphatic rings. The van der Waals surface area contributed by atoms with Crippen LogP contribution < -0.4 is 5.32 Å². The van der Waals surface area contributed by atoms with E-state index in [0.29, 0.717) is 25.3 Å². The summed E-state index contributed by atoms with van der Waals surface area (Å²) < 4.78 is 7.14. The van der Waals surface area contributed by atoms with Crippen LogP contribution in [-0.4, -0.2) is 45.0 Å². The summed E-state index contributed by atoms with van der Waals surface area (Å²) in [5.41, 5.74) is 0. The molecule has 2 saturated carbocycles. The van der Waals surface area contributed by atoms with E-state index in [-0.39, 0.29) is 29.8 Å². The lowest BCUT2D eigenvalue weighted by Gasteiger charge is -2.34. The Morgan fingerprint density at radius 2 is 2.04 bits per heavy atom. The minimum Gasteiger partial charge on any atom is -0.391 e. The van der Waals surface area contributed by atoms with Crippen LogP contribution >= 0.6 is 0 Å². The number of methoxy groups -OCH3 is 1. The fourth-order valence-corrected chi connectivity index (χ4v) is 4.26. The van der Waals surface area contributed by atoms with Crippen LogP contribution in [0.1, 0.15) is 82.4 Å². The third-order valence-corrected chi connectivity index (χ3v) is 5.70. The average molecular weight is 364 g/mol. The Balaban J connectivity index is 1.71. The molecule has 7 nitrogen and oxygen atoms in total. The van der Waals surface area contributed by atoms with Crippen molar-refractivity contribution in [3.05, 3.63) is 11.6 Å². The normalized spacial score (nSPS) is 27.2. The molecule has 3 atom stereocenters. The van der Waals surface area contributed by atoms with Crippen molar-refractivity contribution in [1.29, 1.82) is 0 Å². The van der Waals surface area contributed by atoms with Gasteiger partial charge in [0.25, 0.3) is 0 Å². The molecule has 0 aliphatic heterocycles. The Hall–Kier alpha value is -1.47. The van der Waals surface area contributed by atoms with Crippen molar-refractivity contribution >= 4 is 5.91 Å². The van der Waals surface area contributed by atoms with Crippen LogP contribution in [0.4, 0.5) is 0 Å². The predicted octanol–water partition coefficient (Wildman–Crippen LogP) is 2.31. The molecule has 26 heavy (non-hydrogen) atoms. The molecule has 7 heteroatoms. The van der Waals surface area contributed by atoms with Crippen molar-refractivity contribution in [3.63, 3.8) is 0 Å². The Morgan fingerprint density at radius 1 is 1.31 bits per heavy atom. The molecule has 1 aromatic rings. The second kappa shape index (κ2) is 8.48. The van der Waals surface area contributed by atoms with Crippen LogP contribution in [0, 0.1) is 5.92 Å². The first-order valence-electron chi connectivity index (χ1n) is 9.92. The van der Waals surface area contributed by atoms with Crippen LogP contribution in [0.3, 0.4) is 0 Å². The molecule has 0 radical (unpaired) electrons. The Kier molecular flexibility index (Phi) is 6.29. The summed E-state index contributed by atoms with van der Waals surface area (Å²) in [5.74, 6) is 2.05. The van der Waals surface area contributed by atoms with E-state index in [2.05, 4.69) is 24.3 Å². The maximum absolute atomic E-state index is 12.5. The van der Waals surface area contributed by atoms with Gasteiger partial charge in [0, 0.05) is 25.0 Å². The number of hydrogen-bond donors (Lipinski definition) is 2. The Morgan fingerprint density at radius 3 is 2.69 bits per heavy atom. The molecule has 0 unspecified atom stereocenters. The molecule has 0 spiro atoms. The highest BCUT2D eigenvalue weighted by atomic mass is 16.5. The van der Waals surface area contributed by atoms with E-state index < -0.39 is 6.10 Å². The third kappa shape index (κ3) is 4.26. The van der Waals surface area contributed by atoms with Gasteiger partial charge in [-0.25, -0.2) is 9.67 Å². The lowest BCUT2D eigenvalue weighted by molar-refractivity contribution is -0.126. The highest BCUT2D eigenvalue weighted by molar-refractivity contribution is 5.79. The van der Waals surface area contributed by atoms with Crippen LogP contribution in [0.25, 0.3) is 0 Å². The average Bonchev–Trinajstić information content (AvgIpc) is 3.27. The molecule has 0 bridgehead atoms. The van der Waals surface area contributed by atoms with Crippen molar-refractivity contribution < 1.29 is 14.6 Å². The van der Waals surface area contributed by atoms with E-state index in [9.17, 15) is 9.90 Å². The second-order valence-electron chi connectivity index (χ2n) is 8.03. The SMILES string of the molecule is COCc1nc([C@H]2CC[C@@H](O)[C@H](NC(=O)C3CCCC3)C2)n(C(C)C)n1. The molecule has 2 aliphatic carbocycles. The van der Waals surface area contributed by atoms with Gasteiger partial charge in [0.05, 0.1) is 12.1 Å². The highest BCUT2D eigenvalue weighted by Crippen LogP contribution is 2.34. The fraction of sp³-hybridized carbons (Fsp3) is 0.842. The minimum atomic E-state index is -0.481. The van der Waals surface area contributed by atoms with Crippen molar-refractivity contribution in [3.8, 4) is 0 Å². The van der Waals surface area contributed by atoms with Crippen LogP contribution in [0.5, 0.6) is 0 Å². The van der Waals surface area contributed by atoms with Crippen LogP contribution in [0.2, 0.25) is 0 Å². The van der Waals surface area contributed by atoms with Crippen molar-refractivity contribution in [2.45, 2.75) is 89.5 Å². The highest BCUT2D eigenvalue weighted by Gasteiger charge is 2.35. The van der Waals surface area contributed by atoms with Gasteiger partial charge < -0.3 is 15.2 Å². The molecular formula is C19H32N4O3. The summed E-state index contributed by atoms with van der Waals surface area (Å²) in [7, 11) is 1.64. The van der Waals surface area contributed by atoms with Gasteiger partial charge in [-0.3, -0.25) is 4.79 Å². The molecule has 2 fully saturated rings. The number of nitrogens with one attached hydrogen (secondary N) is 1. The largest absolute Gasteiger partial charge is 0.391 e. The van der Waals surface area contributed by atoms with Gasteiger partial charge in [-0.05, 0) is 46.0 Å². The van der Waals surface area contributed by atoms with E-state index in [0.717, 1.165) is 37.9 Å². The first-order chi connectivity index (χ1) is 12.5. The standard InChI is InChI=1S/C19H32N4O3/c1-12(2)23-18(21-17(22-23)11-26-3)14-8-9-16(24)15(10-14)20-19(25)13-6-4-5-7-13/h12-16,24H,4-11H2,1-3H3,(H,20,25)/t14-,15+,16+/m0/s1. The summed E-state index contributed by atoms with van der Waals surface area (Å²) in [5, 5.41) is 18.1. The molecule has 0 aromatic carbocycles. The van der Waals surface area contributed by atoms with E-state index in [4.69, 9.17) is 9.72 Å². The zero-order chi connectivity index (χ0) is 18.7. The number of carbonyl (C=O) groups excluding carboxylic acids is 1. The van der Waals surface area contributed by atoms with Crippen molar-refractivity contribution in [1.82, 2.24) is 20.1 Å². The molecule has 0 saturated heterocycles. The predicted molar refractivity (Wildman–Crippen MR) is 97.6 cm³/mol. The third-order valence-electron chi connectivity index (χ3n) is 5.70.